The van der Waals surface area contributed by atoms with Crippen LogP contribution in [-0.4, -0.2) is 47.0 Å². The van der Waals surface area contributed by atoms with Gasteiger partial charge in [-0.3, -0.25) is 9.59 Å². The van der Waals surface area contributed by atoms with Gasteiger partial charge in [0, 0.05) is 37.2 Å². The fraction of sp³-hybridized carbons (Fsp3) is 0.500. The topological polar surface area (TPSA) is 63.6 Å². The number of ether oxygens (including phenoxy) is 1. The molecule has 2 aliphatic rings. The largest absolute Gasteiger partial charge is 0.491 e. The highest BCUT2D eigenvalue weighted by atomic mass is 16.5. The van der Waals surface area contributed by atoms with Crippen molar-refractivity contribution < 1.29 is 14.3 Å². The van der Waals surface area contributed by atoms with Crippen molar-refractivity contribution >= 4 is 22.7 Å². The third-order valence-corrected chi connectivity index (χ3v) is 8.47. The third kappa shape index (κ3) is 5.45. The monoisotopic (exact) mass is 515 g/mol. The molecule has 1 spiro atoms. The van der Waals surface area contributed by atoms with Crippen LogP contribution in [-0.2, 0) is 18.3 Å². The predicted octanol–water partition coefficient (Wildman–Crippen LogP) is 5.74. The first-order valence-corrected chi connectivity index (χ1v) is 14.2. The van der Waals surface area contributed by atoms with E-state index in [4.69, 9.17) is 4.74 Å². The number of benzene rings is 2. The molecule has 0 aliphatic carbocycles. The van der Waals surface area contributed by atoms with Gasteiger partial charge in [-0.25, -0.2) is 0 Å². The van der Waals surface area contributed by atoms with Gasteiger partial charge >= 0.3 is 0 Å². The number of amides is 2. The summed E-state index contributed by atoms with van der Waals surface area (Å²) in [5, 5.41) is 4.38. The number of piperidine rings is 1. The average Bonchev–Trinajstić information content (AvgIpc) is 3.26. The minimum atomic E-state index is -0.441. The maximum Gasteiger partial charge on any atom is 0.256 e. The second kappa shape index (κ2) is 11.2. The number of carbonyl (C=O) groups excluding carboxylic acids is 2. The van der Waals surface area contributed by atoms with Crippen molar-refractivity contribution in [3.8, 4) is 5.75 Å². The van der Waals surface area contributed by atoms with Gasteiger partial charge in [0.2, 0.25) is 5.91 Å². The van der Waals surface area contributed by atoms with Crippen molar-refractivity contribution in [1.29, 1.82) is 0 Å². The highest BCUT2D eigenvalue weighted by Crippen LogP contribution is 2.39. The molecule has 0 saturated carbocycles. The predicted molar refractivity (Wildman–Crippen MR) is 151 cm³/mol. The number of para-hydroxylation sites is 2. The molecule has 38 heavy (non-hydrogen) atoms. The summed E-state index contributed by atoms with van der Waals surface area (Å²) >= 11 is 0. The molecular formula is C32H41N3O3. The van der Waals surface area contributed by atoms with Crippen LogP contribution in [0.25, 0.3) is 10.9 Å². The maximum atomic E-state index is 13.9. The molecule has 2 aliphatic heterocycles. The van der Waals surface area contributed by atoms with Crippen molar-refractivity contribution in [1.82, 2.24) is 14.8 Å². The summed E-state index contributed by atoms with van der Waals surface area (Å²) < 4.78 is 8.28. The molecule has 202 valence electrons. The standard InChI is InChI=1S/C32H41N3O3/c1-23(2)20-25-22-38-29-14-7-4-10-24(29)11-8-9-15-32(31(37)33-25)16-18-35(19-17-32)30(36)27-21-34(3)28-13-6-5-12-26(27)28/h4-7,10,12-14,21,23,25H,8-9,11,15-20,22H2,1-3H3,(H,33,37)/t25-/m0/s1. The minimum absolute atomic E-state index is 0.0396. The Kier molecular flexibility index (Phi) is 7.78. The van der Waals surface area contributed by atoms with Gasteiger partial charge in [-0.2, -0.15) is 0 Å². The van der Waals surface area contributed by atoms with Crippen LogP contribution in [0.2, 0.25) is 0 Å². The smallest absolute Gasteiger partial charge is 0.256 e. The molecule has 1 saturated heterocycles. The van der Waals surface area contributed by atoms with Crippen molar-refractivity contribution in [3.63, 3.8) is 0 Å². The molecule has 3 aromatic rings. The lowest BCUT2D eigenvalue weighted by Gasteiger charge is -2.42. The fourth-order valence-corrected chi connectivity index (χ4v) is 6.31. The van der Waals surface area contributed by atoms with E-state index in [1.807, 2.05) is 59.1 Å². The summed E-state index contributed by atoms with van der Waals surface area (Å²) in [6.07, 6.45) is 8.00. The Hall–Kier alpha value is -3.28. The van der Waals surface area contributed by atoms with Gasteiger partial charge in [-0.15, -0.1) is 0 Å². The summed E-state index contributed by atoms with van der Waals surface area (Å²) in [6, 6.07) is 16.3. The number of hydrogen-bond donors (Lipinski definition) is 1. The number of nitrogens with one attached hydrogen (secondary N) is 1. The van der Waals surface area contributed by atoms with Gasteiger partial charge in [-0.1, -0.05) is 56.7 Å². The molecule has 6 nitrogen and oxygen atoms in total. The van der Waals surface area contributed by atoms with Crippen molar-refractivity contribution in [2.24, 2.45) is 18.4 Å². The van der Waals surface area contributed by atoms with Crippen LogP contribution < -0.4 is 10.1 Å². The summed E-state index contributed by atoms with van der Waals surface area (Å²) in [5.74, 6) is 1.58. The van der Waals surface area contributed by atoms with Crippen molar-refractivity contribution in [3.05, 3.63) is 65.9 Å². The normalized spacial score (nSPS) is 20.4. The molecule has 1 aromatic heterocycles. The SMILES string of the molecule is CC(C)C[C@H]1COc2ccccc2CCCCC2(CCN(C(=O)c3cn(C)c4ccccc34)CC2)C(=O)N1. The van der Waals surface area contributed by atoms with E-state index in [-0.39, 0.29) is 17.9 Å². The molecular weight excluding hydrogens is 474 g/mol. The number of rotatable bonds is 3. The van der Waals surface area contributed by atoms with E-state index in [0.29, 0.717) is 38.5 Å². The molecule has 3 heterocycles. The summed E-state index contributed by atoms with van der Waals surface area (Å²) in [4.78, 5) is 29.4. The Labute approximate surface area is 226 Å². The molecule has 2 amide bonds. The highest BCUT2D eigenvalue weighted by Gasteiger charge is 2.43. The lowest BCUT2D eigenvalue weighted by Crippen LogP contribution is -2.53. The number of nitrogens with zero attached hydrogens (tertiary/aromatic N) is 2. The molecule has 1 fully saturated rings. The van der Waals surface area contributed by atoms with Gasteiger partial charge < -0.3 is 19.5 Å². The van der Waals surface area contributed by atoms with Crippen LogP contribution in [0.1, 0.15) is 68.3 Å². The van der Waals surface area contributed by atoms with Gasteiger partial charge in [0.1, 0.15) is 12.4 Å². The molecule has 1 atom stereocenters. The van der Waals surface area contributed by atoms with E-state index in [1.54, 1.807) is 0 Å². The zero-order chi connectivity index (χ0) is 26.7. The first-order chi connectivity index (χ1) is 18.4. The molecule has 0 bridgehead atoms. The van der Waals surface area contributed by atoms with E-state index in [1.165, 1.54) is 5.56 Å². The Bertz CT molecular complexity index is 1290. The van der Waals surface area contributed by atoms with E-state index < -0.39 is 5.41 Å². The Morgan fingerprint density at radius 3 is 2.58 bits per heavy atom. The molecule has 2 aromatic carbocycles. The van der Waals surface area contributed by atoms with E-state index >= 15 is 0 Å². The molecule has 0 radical (unpaired) electrons. The second-order valence-corrected chi connectivity index (χ2v) is 11.7. The first-order valence-electron chi connectivity index (χ1n) is 14.2. The first kappa shape index (κ1) is 26.3. The zero-order valence-electron chi connectivity index (χ0n) is 23.0. The molecule has 1 N–H and O–H groups in total. The average molecular weight is 516 g/mol. The minimum Gasteiger partial charge on any atom is -0.491 e. The third-order valence-electron chi connectivity index (χ3n) is 8.47. The van der Waals surface area contributed by atoms with Crippen molar-refractivity contribution in [2.75, 3.05) is 19.7 Å². The summed E-state index contributed by atoms with van der Waals surface area (Å²) in [7, 11) is 1.98. The quantitative estimate of drug-likeness (QED) is 0.484. The van der Waals surface area contributed by atoms with Gasteiger partial charge in [0.05, 0.1) is 17.0 Å². The number of fused-ring (bicyclic) bond motifs is 2. The van der Waals surface area contributed by atoms with Crippen LogP contribution in [0, 0.1) is 11.3 Å². The number of likely N-dealkylation sites (tertiary alicyclic amines) is 1. The Morgan fingerprint density at radius 2 is 1.79 bits per heavy atom. The summed E-state index contributed by atoms with van der Waals surface area (Å²) in [6.45, 7) is 6.04. The van der Waals surface area contributed by atoms with Gasteiger partial charge in [0.25, 0.3) is 5.91 Å². The van der Waals surface area contributed by atoms with E-state index in [2.05, 4.69) is 31.3 Å². The van der Waals surface area contributed by atoms with Gasteiger partial charge in [0.15, 0.2) is 0 Å². The van der Waals surface area contributed by atoms with Gasteiger partial charge in [-0.05, 0) is 62.1 Å². The lowest BCUT2D eigenvalue weighted by atomic mass is 9.73. The van der Waals surface area contributed by atoms with Crippen LogP contribution in [0.3, 0.4) is 0 Å². The maximum absolute atomic E-state index is 13.9. The molecule has 6 heteroatoms. The lowest BCUT2D eigenvalue weighted by molar-refractivity contribution is -0.135. The van der Waals surface area contributed by atoms with Crippen LogP contribution in [0.15, 0.2) is 54.7 Å². The number of aryl methyl sites for hydroxylation is 2. The summed E-state index contributed by atoms with van der Waals surface area (Å²) in [5.41, 5.74) is 2.61. The number of hydrogen-bond acceptors (Lipinski definition) is 3. The molecule has 0 unspecified atom stereocenters. The number of aromatic nitrogens is 1. The van der Waals surface area contributed by atoms with Crippen molar-refractivity contribution in [2.45, 2.75) is 64.8 Å². The van der Waals surface area contributed by atoms with Crippen LogP contribution >= 0.6 is 0 Å². The van der Waals surface area contributed by atoms with E-state index in [9.17, 15) is 9.59 Å². The Morgan fingerprint density at radius 1 is 1.05 bits per heavy atom. The van der Waals surface area contributed by atoms with Crippen LogP contribution in [0.5, 0.6) is 5.75 Å². The van der Waals surface area contributed by atoms with E-state index in [0.717, 1.165) is 54.3 Å². The highest BCUT2D eigenvalue weighted by molar-refractivity contribution is 6.07. The number of carbonyl (C=O) groups is 2. The fourth-order valence-electron chi connectivity index (χ4n) is 6.31. The second-order valence-electron chi connectivity index (χ2n) is 11.7. The zero-order valence-corrected chi connectivity index (χ0v) is 23.0. The molecule has 5 rings (SSSR count). The van der Waals surface area contributed by atoms with Crippen LogP contribution in [0.4, 0.5) is 0 Å². The Balaban J connectivity index is 1.33.